The van der Waals surface area contributed by atoms with Crippen molar-refractivity contribution in [2.75, 3.05) is 6.61 Å². The van der Waals surface area contributed by atoms with Crippen molar-refractivity contribution in [1.29, 1.82) is 0 Å². The van der Waals surface area contributed by atoms with Gasteiger partial charge < -0.3 is 9.84 Å². The van der Waals surface area contributed by atoms with E-state index in [0.717, 1.165) is 24.2 Å². The first-order valence-electron chi connectivity index (χ1n) is 6.63. The highest BCUT2D eigenvalue weighted by Gasteiger charge is 2.29. The van der Waals surface area contributed by atoms with E-state index in [1.54, 1.807) is 0 Å². The van der Waals surface area contributed by atoms with Gasteiger partial charge in [0.2, 0.25) is 0 Å². The van der Waals surface area contributed by atoms with E-state index in [2.05, 4.69) is 19.9 Å². The third kappa shape index (κ3) is 2.94. The first-order valence-corrected chi connectivity index (χ1v) is 6.63. The number of ether oxygens (including phenoxy) is 1. The molecule has 0 aliphatic heterocycles. The second-order valence-corrected chi connectivity index (χ2v) is 5.73. The van der Waals surface area contributed by atoms with E-state index in [1.165, 1.54) is 5.57 Å². The monoisotopic (exact) mass is 246 g/mol. The van der Waals surface area contributed by atoms with Crippen molar-refractivity contribution >= 4 is 5.57 Å². The molecule has 0 aromatic heterocycles. The number of para-hydroxylation sites is 1. The zero-order valence-electron chi connectivity index (χ0n) is 11.4. The highest BCUT2D eigenvalue weighted by Crippen LogP contribution is 2.41. The van der Waals surface area contributed by atoms with Crippen LogP contribution in [0.2, 0.25) is 0 Å². The molecule has 1 aliphatic carbocycles. The summed E-state index contributed by atoms with van der Waals surface area (Å²) in [7, 11) is 0. The van der Waals surface area contributed by atoms with Gasteiger partial charge in [-0.25, -0.2) is 0 Å². The van der Waals surface area contributed by atoms with Crippen molar-refractivity contribution in [1.82, 2.24) is 0 Å². The predicted octanol–water partition coefficient (Wildman–Crippen LogP) is 3.65. The van der Waals surface area contributed by atoms with Crippen LogP contribution in [0.4, 0.5) is 0 Å². The van der Waals surface area contributed by atoms with Gasteiger partial charge in [0.15, 0.2) is 0 Å². The minimum Gasteiger partial charge on any atom is -0.493 e. The van der Waals surface area contributed by atoms with Gasteiger partial charge in [0, 0.05) is 5.56 Å². The third-order valence-corrected chi connectivity index (χ3v) is 3.36. The normalized spacial score (nSPS) is 22.4. The first kappa shape index (κ1) is 13.2. The number of aliphatic hydroxyl groups excluding tert-OH is 1. The van der Waals surface area contributed by atoms with Crippen LogP contribution >= 0.6 is 0 Å². The summed E-state index contributed by atoms with van der Waals surface area (Å²) in [6.07, 6.45) is 3.43. The molecule has 0 saturated carbocycles. The number of aliphatic hydroxyl groups is 1. The molecule has 1 atom stereocenters. The molecule has 1 N–H and O–H groups in total. The Morgan fingerprint density at radius 3 is 2.72 bits per heavy atom. The standard InChI is InChI=1S/C16H22O2/c1-4-18-15-8-6-5-7-14(15)12-9-13(17)11-16(2,3)10-12/h5-9,13,17H,4,10-11H2,1-3H3. The molecule has 0 heterocycles. The first-order chi connectivity index (χ1) is 8.52. The fourth-order valence-electron chi connectivity index (χ4n) is 2.70. The van der Waals surface area contributed by atoms with Crippen LogP contribution in [0.25, 0.3) is 5.57 Å². The Hall–Kier alpha value is -1.28. The smallest absolute Gasteiger partial charge is 0.126 e. The Labute approximate surface area is 109 Å². The van der Waals surface area contributed by atoms with Crippen LogP contribution in [-0.4, -0.2) is 17.8 Å². The average Bonchev–Trinajstić information content (AvgIpc) is 2.27. The molecule has 0 bridgehead atoms. The van der Waals surface area contributed by atoms with E-state index >= 15 is 0 Å². The molecule has 2 nitrogen and oxygen atoms in total. The number of hydrogen-bond donors (Lipinski definition) is 1. The zero-order chi connectivity index (χ0) is 13.2. The van der Waals surface area contributed by atoms with Gasteiger partial charge in [0.1, 0.15) is 5.75 Å². The molecule has 1 aromatic rings. The zero-order valence-corrected chi connectivity index (χ0v) is 11.4. The van der Waals surface area contributed by atoms with Crippen molar-refractivity contribution in [3.05, 3.63) is 35.9 Å². The molecule has 1 aliphatic rings. The van der Waals surface area contributed by atoms with Gasteiger partial charge in [-0.2, -0.15) is 0 Å². The Morgan fingerprint density at radius 2 is 2.06 bits per heavy atom. The summed E-state index contributed by atoms with van der Waals surface area (Å²) in [6, 6.07) is 8.07. The summed E-state index contributed by atoms with van der Waals surface area (Å²) in [5.74, 6) is 0.913. The molecule has 0 amide bonds. The van der Waals surface area contributed by atoms with E-state index in [9.17, 15) is 5.11 Å². The van der Waals surface area contributed by atoms with Crippen LogP contribution < -0.4 is 4.74 Å². The van der Waals surface area contributed by atoms with Gasteiger partial charge in [-0.15, -0.1) is 0 Å². The number of benzene rings is 1. The maximum absolute atomic E-state index is 9.98. The molecular formula is C16H22O2. The van der Waals surface area contributed by atoms with Crippen molar-refractivity contribution in [3.8, 4) is 5.75 Å². The molecule has 0 spiro atoms. The van der Waals surface area contributed by atoms with Crippen LogP contribution in [0.3, 0.4) is 0 Å². The number of hydrogen-bond acceptors (Lipinski definition) is 2. The second kappa shape index (κ2) is 5.15. The van der Waals surface area contributed by atoms with Crippen LogP contribution in [0.1, 0.15) is 39.2 Å². The molecule has 98 valence electrons. The van der Waals surface area contributed by atoms with E-state index in [-0.39, 0.29) is 11.5 Å². The van der Waals surface area contributed by atoms with Crippen molar-refractivity contribution in [2.45, 2.75) is 39.7 Å². The molecule has 0 saturated heterocycles. The lowest BCUT2D eigenvalue weighted by molar-refractivity contribution is 0.146. The third-order valence-electron chi connectivity index (χ3n) is 3.36. The van der Waals surface area contributed by atoms with E-state index in [1.807, 2.05) is 31.2 Å². The van der Waals surface area contributed by atoms with Crippen molar-refractivity contribution in [2.24, 2.45) is 5.41 Å². The van der Waals surface area contributed by atoms with Crippen LogP contribution in [0.5, 0.6) is 5.75 Å². The predicted molar refractivity (Wildman–Crippen MR) is 74.6 cm³/mol. The summed E-state index contributed by atoms with van der Waals surface area (Å²) < 4.78 is 5.67. The molecule has 2 heteroatoms. The molecule has 2 rings (SSSR count). The lowest BCUT2D eigenvalue weighted by Gasteiger charge is -2.33. The molecule has 0 radical (unpaired) electrons. The summed E-state index contributed by atoms with van der Waals surface area (Å²) in [5, 5.41) is 9.98. The Morgan fingerprint density at radius 1 is 1.33 bits per heavy atom. The van der Waals surface area contributed by atoms with Crippen LogP contribution in [0, 0.1) is 5.41 Å². The minimum atomic E-state index is -0.349. The molecule has 18 heavy (non-hydrogen) atoms. The summed E-state index contributed by atoms with van der Waals surface area (Å²) >= 11 is 0. The average molecular weight is 246 g/mol. The quantitative estimate of drug-likeness (QED) is 0.882. The van der Waals surface area contributed by atoms with Crippen molar-refractivity contribution < 1.29 is 9.84 Å². The maximum atomic E-state index is 9.98. The van der Waals surface area contributed by atoms with Gasteiger partial charge in [-0.3, -0.25) is 0 Å². The van der Waals surface area contributed by atoms with Gasteiger partial charge in [0.25, 0.3) is 0 Å². The topological polar surface area (TPSA) is 29.5 Å². The van der Waals surface area contributed by atoms with Gasteiger partial charge in [-0.1, -0.05) is 38.1 Å². The second-order valence-electron chi connectivity index (χ2n) is 5.73. The Bertz CT molecular complexity index is 446. The van der Waals surface area contributed by atoms with Gasteiger partial charge in [0.05, 0.1) is 12.7 Å². The SMILES string of the molecule is CCOc1ccccc1C1=CC(O)CC(C)(C)C1. The maximum Gasteiger partial charge on any atom is 0.126 e. The van der Waals surface area contributed by atoms with E-state index < -0.39 is 0 Å². The highest BCUT2D eigenvalue weighted by atomic mass is 16.5. The molecular weight excluding hydrogens is 224 g/mol. The van der Waals surface area contributed by atoms with E-state index in [0.29, 0.717) is 6.61 Å². The van der Waals surface area contributed by atoms with E-state index in [4.69, 9.17) is 4.74 Å². The van der Waals surface area contributed by atoms with Gasteiger partial charge >= 0.3 is 0 Å². The molecule has 0 fully saturated rings. The fraction of sp³-hybridized carbons (Fsp3) is 0.500. The summed E-state index contributed by atoms with van der Waals surface area (Å²) in [6.45, 7) is 7.06. The largest absolute Gasteiger partial charge is 0.493 e. The Balaban J connectivity index is 2.36. The molecule has 1 aromatic carbocycles. The van der Waals surface area contributed by atoms with Gasteiger partial charge in [-0.05, 0) is 36.8 Å². The van der Waals surface area contributed by atoms with Crippen LogP contribution in [0.15, 0.2) is 30.3 Å². The van der Waals surface area contributed by atoms with Crippen molar-refractivity contribution in [3.63, 3.8) is 0 Å². The molecule has 1 unspecified atom stereocenters. The van der Waals surface area contributed by atoms with Crippen LogP contribution in [-0.2, 0) is 0 Å². The fourth-order valence-corrected chi connectivity index (χ4v) is 2.70. The minimum absolute atomic E-state index is 0.142. The summed E-state index contributed by atoms with van der Waals surface area (Å²) in [5.41, 5.74) is 2.46. The number of allylic oxidation sites excluding steroid dienone is 1. The lowest BCUT2D eigenvalue weighted by atomic mass is 9.74. The highest BCUT2D eigenvalue weighted by molar-refractivity contribution is 5.72. The number of rotatable bonds is 3. The summed E-state index contributed by atoms with van der Waals surface area (Å²) in [4.78, 5) is 0. The lowest BCUT2D eigenvalue weighted by Crippen LogP contribution is -2.24. The Kier molecular flexibility index (Phi) is 3.76.